The first-order valence-electron chi connectivity index (χ1n) is 11.2. The van der Waals surface area contributed by atoms with E-state index in [-0.39, 0.29) is 32.8 Å². The molecule has 0 aliphatic carbocycles. The second-order valence-corrected chi connectivity index (χ2v) is 10.4. The summed E-state index contributed by atoms with van der Waals surface area (Å²) >= 11 is 6.37. The number of rotatable bonds is 7. The van der Waals surface area contributed by atoms with Crippen molar-refractivity contribution in [2.45, 2.75) is 38.5 Å². The molecule has 0 unspecified atom stereocenters. The Kier molecular flexibility index (Phi) is 6.87. The van der Waals surface area contributed by atoms with Gasteiger partial charge in [-0.2, -0.15) is 0 Å². The summed E-state index contributed by atoms with van der Waals surface area (Å²) in [6.07, 6.45) is 0. The van der Waals surface area contributed by atoms with Crippen molar-refractivity contribution in [1.29, 1.82) is 0 Å². The second kappa shape index (κ2) is 9.71. The molecule has 1 N–H and O–H groups in total. The highest BCUT2D eigenvalue weighted by Gasteiger charge is 2.23. The summed E-state index contributed by atoms with van der Waals surface area (Å²) in [6, 6.07) is 16.9. The van der Waals surface area contributed by atoms with Gasteiger partial charge in [-0.3, -0.25) is 14.1 Å². The molecular weight excluding hydrogens is 486 g/mol. The van der Waals surface area contributed by atoms with Crippen LogP contribution >= 0.6 is 11.6 Å². The van der Waals surface area contributed by atoms with E-state index in [1.807, 2.05) is 26.0 Å². The van der Waals surface area contributed by atoms with E-state index in [4.69, 9.17) is 16.3 Å². The minimum Gasteiger partial charge on any atom is -0.492 e. The van der Waals surface area contributed by atoms with E-state index in [1.54, 1.807) is 56.3 Å². The molecule has 0 bridgehead atoms. The van der Waals surface area contributed by atoms with Gasteiger partial charge in [0.05, 0.1) is 33.9 Å². The first-order valence-corrected chi connectivity index (χ1v) is 13.1. The number of para-hydroxylation sites is 1. The third-order valence-electron chi connectivity index (χ3n) is 5.62. The molecule has 7 nitrogen and oxygen atoms in total. The van der Waals surface area contributed by atoms with Crippen molar-refractivity contribution >= 4 is 38.2 Å². The summed E-state index contributed by atoms with van der Waals surface area (Å²) in [6.45, 7) is 7.79. The minimum atomic E-state index is -4.06. The Morgan fingerprint density at radius 2 is 1.83 bits per heavy atom. The van der Waals surface area contributed by atoms with E-state index in [0.717, 1.165) is 5.56 Å². The Morgan fingerprint density at radius 3 is 2.54 bits per heavy atom. The summed E-state index contributed by atoms with van der Waals surface area (Å²) in [4.78, 5) is 17.7. The normalized spacial score (nSPS) is 11.7. The van der Waals surface area contributed by atoms with Crippen molar-refractivity contribution in [3.8, 4) is 11.4 Å². The van der Waals surface area contributed by atoms with Crippen LogP contribution in [0, 0.1) is 6.92 Å². The van der Waals surface area contributed by atoms with Crippen LogP contribution in [0.2, 0.25) is 5.02 Å². The molecule has 4 rings (SSSR count). The summed E-state index contributed by atoms with van der Waals surface area (Å²) in [5, 5.41) is 0.650. The average molecular weight is 512 g/mol. The zero-order valence-electron chi connectivity index (χ0n) is 19.9. The maximum Gasteiger partial charge on any atom is 0.265 e. The zero-order valence-corrected chi connectivity index (χ0v) is 21.4. The van der Waals surface area contributed by atoms with Crippen LogP contribution in [0.25, 0.3) is 16.6 Å². The molecule has 0 spiro atoms. The summed E-state index contributed by atoms with van der Waals surface area (Å²) in [7, 11) is -4.06. The van der Waals surface area contributed by atoms with Gasteiger partial charge in [0, 0.05) is 0 Å². The zero-order chi connectivity index (χ0) is 25.3. The molecule has 9 heteroatoms. The molecule has 0 saturated carbocycles. The fourth-order valence-electron chi connectivity index (χ4n) is 3.85. The monoisotopic (exact) mass is 511 g/mol. The Hall–Kier alpha value is -3.36. The number of hydrogen-bond acceptors (Lipinski definition) is 5. The summed E-state index contributed by atoms with van der Waals surface area (Å²) in [5.74, 6) is 0.845. The predicted molar refractivity (Wildman–Crippen MR) is 140 cm³/mol. The van der Waals surface area contributed by atoms with Crippen LogP contribution in [0.1, 0.15) is 38.1 Å². The first kappa shape index (κ1) is 24.8. The smallest absolute Gasteiger partial charge is 0.265 e. The lowest BCUT2D eigenvalue weighted by atomic mass is 10.0. The average Bonchev–Trinajstić information content (AvgIpc) is 2.81. The highest BCUT2D eigenvalue weighted by atomic mass is 35.5. The van der Waals surface area contributed by atoms with E-state index in [1.165, 1.54) is 10.6 Å². The number of anilines is 1. The Balaban J connectivity index is 1.81. The number of benzene rings is 3. The Morgan fingerprint density at radius 1 is 1.09 bits per heavy atom. The number of halogens is 1. The molecule has 0 atom stereocenters. The van der Waals surface area contributed by atoms with Gasteiger partial charge in [0.2, 0.25) is 0 Å². The van der Waals surface area contributed by atoms with Crippen LogP contribution in [0.5, 0.6) is 5.75 Å². The van der Waals surface area contributed by atoms with Crippen LogP contribution in [-0.4, -0.2) is 24.6 Å². The van der Waals surface area contributed by atoms with Gasteiger partial charge in [-0.05, 0) is 67.8 Å². The number of hydrogen-bond donors (Lipinski definition) is 1. The third kappa shape index (κ3) is 4.90. The summed E-state index contributed by atoms with van der Waals surface area (Å²) in [5.41, 5.74) is 1.77. The van der Waals surface area contributed by atoms with Crippen molar-refractivity contribution < 1.29 is 13.2 Å². The van der Waals surface area contributed by atoms with Gasteiger partial charge >= 0.3 is 0 Å². The molecule has 0 aliphatic rings. The lowest BCUT2D eigenvalue weighted by molar-refractivity contribution is 0.331. The fourth-order valence-corrected chi connectivity index (χ4v) is 5.32. The number of nitrogens with zero attached hydrogens (tertiary/aromatic N) is 2. The summed E-state index contributed by atoms with van der Waals surface area (Å²) < 4.78 is 36.5. The molecule has 35 heavy (non-hydrogen) atoms. The van der Waals surface area contributed by atoms with E-state index >= 15 is 0 Å². The topological polar surface area (TPSA) is 90.3 Å². The maximum absolute atomic E-state index is 13.5. The van der Waals surface area contributed by atoms with E-state index in [9.17, 15) is 13.2 Å². The number of aromatic nitrogens is 2. The predicted octanol–water partition coefficient (Wildman–Crippen LogP) is 5.67. The number of aryl methyl sites for hydroxylation is 1. The molecule has 0 radical (unpaired) electrons. The van der Waals surface area contributed by atoms with Crippen LogP contribution in [0.15, 0.2) is 70.4 Å². The number of sulfonamides is 1. The van der Waals surface area contributed by atoms with Gasteiger partial charge < -0.3 is 4.74 Å². The molecule has 0 saturated heterocycles. The quantitative estimate of drug-likeness (QED) is 0.345. The Bertz CT molecular complexity index is 1580. The molecule has 0 amide bonds. The first-order chi connectivity index (χ1) is 16.6. The molecule has 4 aromatic rings. The standard InChI is InChI=1S/C26H26ClN3O4S/c1-5-34-24-13-10-18(16(2)3)14-25(24)35(32,33)29-23-15-19(11-12-21(23)27)30-17(4)28-22-9-7-6-8-20(22)26(30)31/h6-16,29H,5H2,1-4H3. The lowest BCUT2D eigenvalue weighted by Gasteiger charge is -2.17. The van der Waals surface area contributed by atoms with Gasteiger partial charge in [-0.15, -0.1) is 0 Å². The van der Waals surface area contributed by atoms with E-state index in [0.29, 0.717) is 29.0 Å². The van der Waals surface area contributed by atoms with E-state index in [2.05, 4.69) is 9.71 Å². The van der Waals surface area contributed by atoms with Crippen molar-refractivity contribution in [2.75, 3.05) is 11.3 Å². The van der Waals surface area contributed by atoms with Crippen molar-refractivity contribution in [2.24, 2.45) is 0 Å². The van der Waals surface area contributed by atoms with E-state index < -0.39 is 10.0 Å². The molecule has 3 aromatic carbocycles. The van der Waals surface area contributed by atoms with Crippen molar-refractivity contribution in [3.63, 3.8) is 0 Å². The Labute approximate surface area is 209 Å². The molecule has 1 heterocycles. The van der Waals surface area contributed by atoms with Gasteiger partial charge in [0.1, 0.15) is 16.5 Å². The van der Waals surface area contributed by atoms with Crippen LogP contribution < -0.4 is 15.0 Å². The second-order valence-electron chi connectivity index (χ2n) is 8.38. The highest BCUT2D eigenvalue weighted by molar-refractivity contribution is 7.92. The molecule has 182 valence electrons. The van der Waals surface area contributed by atoms with Crippen molar-refractivity contribution in [1.82, 2.24) is 9.55 Å². The molecule has 0 fully saturated rings. The van der Waals surface area contributed by atoms with Crippen molar-refractivity contribution in [3.05, 3.63) is 87.4 Å². The van der Waals surface area contributed by atoms with Gasteiger partial charge in [0.15, 0.2) is 0 Å². The van der Waals surface area contributed by atoms with Gasteiger partial charge in [-0.1, -0.05) is 43.6 Å². The number of fused-ring (bicyclic) bond motifs is 1. The maximum atomic E-state index is 13.5. The van der Waals surface area contributed by atoms with Gasteiger partial charge in [-0.25, -0.2) is 13.4 Å². The molecule has 1 aromatic heterocycles. The van der Waals surface area contributed by atoms with Crippen LogP contribution in [0.3, 0.4) is 0 Å². The lowest BCUT2D eigenvalue weighted by Crippen LogP contribution is -2.22. The van der Waals surface area contributed by atoms with Crippen LogP contribution in [-0.2, 0) is 10.0 Å². The number of nitrogens with one attached hydrogen (secondary N) is 1. The molecular formula is C26H26ClN3O4S. The number of ether oxygens (including phenoxy) is 1. The van der Waals surface area contributed by atoms with Crippen LogP contribution in [0.4, 0.5) is 5.69 Å². The SMILES string of the molecule is CCOc1ccc(C(C)C)cc1S(=O)(=O)Nc1cc(-n2c(C)nc3ccccc3c2=O)ccc1Cl. The third-order valence-corrected chi connectivity index (χ3v) is 7.34. The highest BCUT2D eigenvalue weighted by Crippen LogP contribution is 2.32. The van der Waals surface area contributed by atoms with Gasteiger partial charge in [0.25, 0.3) is 15.6 Å². The molecule has 0 aliphatic heterocycles. The largest absolute Gasteiger partial charge is 0.492 e. The minimum absolute atomic E-state index is 0.0211. The fraction of sp³-hybridized carbons (Fsp3) is 0.231.